The first-order valence-electron chi connectivity index (χ1n) is 8.63. The van der Waals surface area contributed by atoms with Gasteiger partial charge in [-0.25, -0.2) is 0 Å². The summed E-state index contributed by atoms with van der Waals surface area (Å²) in [4.78, 5) is 32.8. The van der Waals surface area contributed by atoms with Crippen LogP contribution in [0.2, 0.25) is 0 Å². The van der Waals surface area contributed by atoms with E-state index in [-0.39, 0.29) is 24.3 Å². The van der Waals surface area contributed by atoms with Crippen LogP contribution in [0.5, 0.6) is 0 Å². The van der Waals surface area contributed by atoms with Crippen molar-refractivity contribution >= 4 is 11.8 Å². The lowest BCUT2D eigenvalue weighted by Gasteiger charge is -2.36. The largest absolute Gasteiger partial charge is 0.353 e. The molecule has 1 aromatic rings. The number of carbonyl (C=O) groups excluding carboxylic acids is 2. The van der Waals surface area contributed by atoms with Crippen LogP contribution in [0.15, 0.2) is 24.4 Å². The number of pyridine rings is 1. The summed E-state index contributed by atoms with van der Waals surface area (Å²) >= 11 is 0. The monoisotopic (exact) mass is 332 g/mol. The lowest BCUT2D eigenvalue weighted by molar-refractivity contribution is -0.138. The molecule has 1 unspecified atom stereocenters. The van der Waals surface area contributed by atoms with Crippen LogP contribution in [0.25, 0.3) is 0 Å². The van der Waals surface area contributed by atoms with E-state index in [9.17, 15) is 9.59 Å². The lowest BCUT2D eigenvalue weighted by Crippen LogP contribution is -2.57. The third kappa shape index (κ3) is 5.30. The second-order valence-electron chi connectivity index (χ2n) is 6.79. The molecular weight excluding hydrogens is 304 g/mol. The van der Waals surface area contributed by atoms with Crippen LogP contribution in [0.1, 0.15) is 26.0 Å². The van der Waals surface area contributed by atoms with Gasteiger partial charge in [0.05, 0.1) is 12.5 Å². The molecule has 132 valence electrons. The fourth-order valence-corrected chi connectivity index (χ4v) is 2.95. The number of carbonyl (C=O) groups is 2. The molecule has 2 amide bonds. The van der Waals surface area contributed by atoms with E-state index in [2.05, 4.69) is 29.0 Å². The highest BCUT2D eigenvalue weighted by atomic mass is 16.2. The van der Waals surface area contributed by atoms with E-state index in [4.69, 9.17) is 0 Å². The Morgan fingerprint density at radius 2 is 2.25 bits per heavy atom. The second-order valence-corrected chi connectivity index (χ2v) is 6.79. The number of likely N-dealkylation sites (N-methyl/N-ethyl adjacent to an activating group) is 1. The minimum absolute atomic E-state index is 0.00161. The number of hydrogen-bond acceptors (Lipinski definition) is 4. The fourth-order valence-electron chi connectivity index (χ4n) is 2.95. The minimum atomic E-state index is -0.356. The standard InChI is InChI=1S/C18H28N4O2/c1-14(2)13-22-11-9-20-18(24)16(22)12-17(23)21(3)10-7-15-6-4-5-8-19-15/h4-6,8,14,16H,7,9-13H2,1-3H3,(H,20,24). The van der Waals surface area contributed by atoms with Crippen LogP contribution < -0.4 is 5.32 Å². The summed E-state index contributed by atoms with van der Waals surface area (Å²) in [5.41, 5.74) is 0.967. The van der Waals surface area contributed by atoms with E-state index >= 15 is 0 Å². The van der Waals surface area contributed by atoms with E-state index < -0.39 is 0 Å². The Morgan fingerprint density at radius 3 is 2.92 bits per heavy atom. The van der Waals surface area contributed by atoms with Crippen molar-refractivity contribution in [2.45, 2.75) is 32.7 Å². The predicted octanol–water partition coefficient (Wildman–Crippen LogP) is 0.929. The van der Waals surface area contributed by atoms with Crippen LogP contribution in [-0.2, 0) is 16.0 Å². The number of rotatable bonds is 7. The molecule has 2 heterocycles. The van der Waals surface area contributed by atoms with Crippen molar-refractivity contribution < 1.29 is 9.59 Å². The van der Waals surface area contributed by atoms with Crippen LogP contribution in [0.3, 0.4) is 0 Å². The van der Waals surface area contributed by atoms with Crippen molar-refractivity contribution in [3.63, 3.8) is 0 Å². The molecule has 0 radical (unpaired) electrons. The van der Waals surface area contributed by atoms with Gasteiger partial charge in [-0.15, -0.1) is 0 Å². The molecular formula is C18H28N4O2. The topological polar surface area (TPSA) is 65.5 Å². The smallest absolute Gasteiger partial charge is 0.237 e. The molecule has 0 aromatic carbocycles. The molecule has 1 atom stereocenters. The van der Waals surface area contributed by atoms with Crippen molar-refractivity contribution in [2.24, 2.45) is 5.92 Å². The number of hydrogen-bond donors (Lipinski definition) is 1. The van der Waals surface area contributed by atoms with Gasteiger partial charge in [0.2, 0.25) is 11.8 Å². The SMILES string of the molecule is CC(C)CN1CCNC(=O)C1CC(=O)N(C)CCc1ccccn1. The highest BCUT2D eigenvalue weighted by Crippen LogP contribution is 2.13. The van der Waals surface area contributed by atoms with Crippen molar-refractivity contribution in [3.8, 4) is 0 Å². The highest BCUT2D eigenvalue weighted by Gasteiger charge is 2.32. The Balaban J connectivity index is 1.89. The van der Waals surface area contributed by atoms with Crippen molar-refractivity contribution in [3.05, 3.63) is 30.1 Å². The Morgan fingerprint density at radius 1 is 1.46 bits per heavy atom. The minimum Gasteiger partial charge on any atom is -0.353 e. The molecule has 1 aromatic heterocycles. The Labute approximate surface area is 144 Å². The molecule has 2 rings (SSSR count). The average Bonchev–Trinajstić information content (AvgIpc) is 2.56. The number of nitrogens with one attached hydrogen (secondary N) is 1. The molecule has 0 bridgehead atoms. The van der Waals surface area contributed by atoms with Gasteiger partial charge in [0, 0.05) is 51.5 Å². The average molecular weight is 332 g/mol. The van der Waals surface area contributed by atoms with Gasteiger partial charge in [-0.05, 0) is 18.1 Å². The van der Waals surface area contributed by atoms with Gasteiger partial charge < -0.3 is 10.2 Å². The lowest BCUT2D eigenvalue weighted by atomic mass is 10.1. The van der Waals surface area contributed by atoms with Gasteiger partial charge in [0.1, 0.15) is 0 Å². The zero-order valence-corrected chi connectivity index (χ0v) is 14.9. The molecule has 0 spiro atoms. The van der Waals surface area contributed by atoms with Crippen LogP contribution in [0, 0.1) is 5.92 Å². The number of amides is 2. The summed E-state index contributed by atoms with van der Waals surface area (Å²) in [7, 11) is 1.79. The molecule has 1 N–H and O–H groups in total. The third-order valence-electron chi connectivity index (χ3n) is 4.26. The van der Waals surface area contributed by atoms with Gasteiger partial charge in [0.25, 0.3) is 0 Å². The molecule has 1 aliphatic heterocycles. The van der Waals surface area contributed by atoms with Gasteiger partial charge >= 0.3 is 0 Å². The van der Waals surface area contributed by atoms with E-state index in [0.29, 0.717) is 19.0 Å². The van der Waals surface area contributed by atoms with Crippen molar-refractivity contribution in [2.75, 3.05) is 33.2 Å². The van der Waals surface area contributed by atoms with E-state index in [1.165, 1.54) is 0 Å². The molecule has 1 fully saturated rings. The van der Waals surface area contributed by atoms with Crippen molar-refractivity contribution in [1.82, 2.24) is 20.1 Å². The summed E-state index contributed by atoms with van der Waals surface area (Å²) in [5.74, 6) is 0.436. The van der Waals surface area contributed by atoms with Crippen LogP contribution >= 0.6 is 0 Å². The maximum Gasteiger partial charge on any atom is 0.237 e. The zero-order chi connectivity index (χ0) is 17.5. The quantitative estimate of drug-likeness (QED) is 0.807. The van der Waals surface area contributed by atoms with E-state index in [1.807, 2.05) is 18.2 Å². The van der Waals surface area contributed by atoms with Gasteiger partial charge in [-0.1, -0.05) is 19.9 Å². The van der Waals surface area contributed by atoms with Crippen LogP contribution in [-0.4, -0.2) is 65.9 Å². The first-order valence-corrected chi connectivity index (χ1v) is 8.63. The summed E-state index contributed by atoms with van der Waals surface area (Å²) in [6.07, 6.45) is 2.71. The van der Waals surface area contributed by atoms with Gasteiger partial charge in [-0.3, -0.25) is 19.5 Å². The van der Waals surface area contributed by atoms with Gasteiger partial charge in [-0.2, -0.15) is 0 Å². The second kappa shape index (κ2) is 8.78. The Hall–Kier alpha value is -1.95. The first-order chi connectivity index (χ1) is 11.5. The molecule has 0 aliphatic carbocycles. The van der Waals surface area contributed by atoms with E-state index in [1.54, 1.807) is 18.1 Å². The number of aromatic nitrogens is 1. The summed E-state index contributed by atoms with van der Waals surface area (Å²) in [5, 5.41) is 2.88. The maximum atomic E-state index is 12.5. The van der Waals surface area contributed by atoms with E-state index in [0.717, 1.165) is 25.2 Å². The molecule has 6 heteroatoms. The summed E-state index contributed by atoms with van der Waals surface area (Å²) < 4.78 is 0. The molecule has 1 saturated heterocycles. The van der Waals surface area contributed by atoms with Crippen LogP contribution in [0.4, 0.5) is 0 Å². The molecule has 1 aliphatic rings. The van der Waals surface area contributed by atoms with Gasteiger partial charge in [0.15, 0.2) is 0 Å². The first kappa shape index (κ1) is 18.4. The number of piperazine rings is 1. The third-order valence-corrected chi connectivity index (χ3v) is 4.26. The Bertz CT molecular complexity index is 547. The Kier molecular flexibility index (Phi) is 6.73. The molecule has 6 nitrogen and oxygen atoms in total. The summed E-state index contributed by atoms with van der Waals surface area (Å²) in [6, 6.07) is 5.42. The maximum absolute atomic E-state index is 12.5. The number of nitrogens with zero attached hydrogens (tertiary/aromatic N) is 3. The summed E-state index contributed by atoms with van der Waals surface area (Å²) in [6.45, 7) is 7.16. The predicted molar refractivity (Wildman–Crippen MR) is 93.4 cm³/mol. The van der Waals surface area contributed by atoms with Crippen molar-refractivity contribution in [1.29, 1.82) is 0 Å². The normalized spacial score (nSPS) is 18.5. The zero-order valence-electron chi connectivity index (χ0n) is 14.9. The fraction of sp³-hybridized carbons (Fsp3) is 0.611. The molecule has 24 heavy (non-hydrogen) atoms. The highest BCUT2D eigenvalue weighted by molar-refractivity contribution is 5.88. The molecule has 0 saturated carbocycles.